The summed E-state index contributed by atoms with van der Waals surface area (Å²) >= 11 is 7.41. The van der Waals surface area contributed by atoms with Gasteiger partial charge in [0.1, 0.15) is 5.82 Å². The van der Waals surface area contributed by atoms with E-state index in [2.05, 4.69) is 25.4 Å². The van der Waals surface area contributed by atoms with Crippen LogP contribution < -0.4 is 5.32 Å². The van der Waals surface area contributed by atoms with Crippen molar-refractivity contribution in [1.82, 2.24) is 20.1 Å². The molecular weight excluding hydrogens is 274 g/mol. The molecule has 0 bridgehead atoms. The Morgan fingerprint density at radius 1 is 1.39 bits per heavy atom. The lowest BCUT2D eigenvalue weighted by Crippen LogP contribution is -2.02. The monoisotopic (exact) mass is 281 g/mol. The minimum Gasteiger partial charge on any atom is -0.360 e. The SMILES string of the molecule is Cc1noc(CNc2nc(Cl)nc3ccsc23)n1. The molecule has 0 radical (unpaired) electrons. The van der Waals surface area contributed by atoms with Crippen LogP contribution in [0.3, 0.4) is 0 Å². The third-order valence-electron chi connectivity index (χ3n) is 2.25. The number of fused-ring (bicyclic) bond motifs is 1. The number of halogens is 1. The summed E-state index contributed by atoms with van der Waals surface area (Å²) in [6.07, 6.45) is 0. The molecule has 0 saturated heterocycles. The molecule has 0 amide bonds. The van der Waals surface area contributed by atoms with Crippen molar-refractivity contribution in [1.29, 1.82) is 0 Å². The highest BCUT2D eigenvalue weighted by molar-refractivity contribution is 7.17. The molecule has 92 valence electrons. The van der Waals surface area contributed by atoms with E-state index in [0.717, 1.165) is 10.2 Å². The van der Waals surface area contributed by atoms with E-state index in [-0.39, 0.29) is 5.28 Å². The van der Waals surface area contributed by atoms with Gasteiger partial charge in [0.2, 0.25) is 11.2 Å². The molecule has 0 atom stereocenters. The average molecular weight is 282 g/mol. The van der Waals surface area contributed by atoms with Gasteiger partial charge >= 0.3 is 0 Å². The zero-order valence-electron chi connectivity index (χ0n) is 9.35. The van der Waals surface area contributed by atoms with Crippen LogP contribution in [0.1, 0.15) is 11.7 Å². The number of hydrogen-bond acceptors (Lipinski definition) is 7. The number of rotatable bonds is 3. The van der Waals surface area contributed by atoms with Gasteiger partial charge in [0, 0.05) is 0 Å². The summed E-state index contributed by atoms with van der Waals surface area (Å²) in [5, 5.41) is 8.99. The number of thiophene rings is 1. The van der Waals surface area contributed by atoms with Crippen molar-refractivity contribution in [2.45, 2.75) is 13.5 Å². The quantitative estimate of drug-likeness (QED) is 0.744. The Bertz CT molecular complexity index is 694. The van der Waals surface area contributed by atoms with Crippen LogP contribution in [-0.2, 0) is 6.54 Å². The number of hydrogen-bond donors (Lipinski definition) is 1. The Morgan fingerprint density at radius 2 is 2.28 bits per heavy atom. The fraction of sp³-hybridized carbons (Fsp3) is 0.200. The van der Waals surface area contributed by atoms with Crippen LogP contribution in [0, 0.1) is 6.92 Å². The molecule has 1 N–H and O–H groups in total. The lowest BCUT2D eigenvalue weighted by Gasteiger charge is -2.03. The van der Waals surface area contributed by atoms with E-state index in [0.29, 0.717) is 24.1 Å². The zero-order valence-corrected chi connectivity index (χ0v) is 10.9. The number of nitrogens with one attached hydrogen (secondary N) is 1. The molecule has 0 saturated carbocycles. The summed E-state index contributed by atoms with van der Waals surface area (Å²) in [7, 11) is 0. The van der Waals surface area contributed by atoms with Gasteiger partial charge in [0.05, 0.1) is 16.8 Å². The van der Waals surface area contributed by atoms with Gasteiger partial charge < -0.3 is 9.84 Å². The maximum atomic E-state index is 5.86. The summed E-state index contributed by atoms with van der Waals surface area (Å²) in [6.45, 7) is 2.17. The molecule has 18 heavy (non-hydrogen) atoms. The van der Waals surface area contributed by atoms with Crippen molar-refractivity contribution >= 4 is 39.0 Å². The Labute approximate surface area is 111 Å². The Kier molecular flexibility index (Phi) is 2.85. The summed E-state index contributed by atoms with van der Waals surface area (Å²) in [6, 6.07) is 1.90. The maximum absolute atomic E-state index is 5.86. The lowest BCUT2D eigenvalue weighted by molar-refractivity contribution is 0.379. The highest BCUT2D eigenvalue weighted by Gasteiger charge is 2.09. The van der Waals surface area contributed by atoms with Crippen molar-refractivity contribution in [3.8, 4) is 0 Å². The molecule has 0 fully saturated rings. The van der Waals surface area contributed by atoms with Gasteiger partial charge in [0.15, 0.2) is 5.82 Å². The third-order valence-corrected chi connectivity index (χ3v) is 3.33. The second kappa shape index (κ2) is 4.51. The highest BCUT2D eigenvalue weighted by atomic mass is 35.5. The van der Waals surface area contributed by atoms with E-state index in [9.17, 15) is 0 Å². The molecule has 0 aliphatic heterocycles. The molecule has 0 aliphatic carbocycles. The Hall–Kier alpha value is -1.73. The van der Waals surface area contributed by atoms with Gasteiger partial charge in [-0.2, -0.15) is 9.97 Å². The minimum absolute atomic E-state index is 0.213. The van der Waals surface area contributed by atoms with Crippen LogP contribution in [0.15, 0.2) is 16.0 Å². The highest BCUT2D eigenvalue weighted by Crippen LogP contribution is 2.27. The Balaban J connectivity index is 1.87. The normalized spacial score (nSPS) is 11.0. The smallest absolute Gasteiger partial charge is 0.245 e. The molecule has 3 aromatic heterocycles. The summed E-state index contributed by atoms with van der Waals surface area (Å²) < 4.78 is 5.97. The first kappa shape index (κ1) is 11.4. The van der Waals surface area contributed by atoms with Gasteiger partial charge in [-0.05, 0) is 30.0 Å². The summed E-state index contributed by atoms with van der Waals surface area (Å²) in [5.74, 6) is 1.79. The standard InChI is InChI=1S/C10H8ClN5OS/c1-5-13-7(17-16-5)4-12-9-8-6(2-3-18-8)14-10(11)15-9/h2-3H,4H2,1H3,(H,12,14,15). The van der Waals surface area contributed by atoms with Crippen LogP contribution >= 0.6 is 22.9 Å². The van der Waals surface area contributed by atoms with E-state index in [4.69, 9.17) is 16.1 Å². The van der Waals surface area contributed by atoms with Crippen molar-refractivity contribution in [2.75, 3.05) is 5.32 Å². The van der Waals surface area contributed by atoms with Gasteiger partial charge in [-0.3, -0.25) is 0 Å². The Morgan fingerprint density at radius 3 is 3.06 bits per heavy atom. The molecule has 0 aliphatic rings. The van der Waals surface area contributed by atoms with Crippen molar-refractivity contribution in [3.05, 3.63) is 28.4 Å². The largest absolute Gasteiger partial charge is 0.360 e. The first-order valence-corrected chi connectivity index (χ1v) is 6.42. The minimum atomic E-state index is 0.213. The fourth-order valence-corrected chi connectivity index (χ4v) is 2.50. The summed E-state index contributed by atoms with van der Waals surface area (Å²) in [4.78, 5) is 12.4. The van der Waals surface area contributed by atoms with Gasteiger partial charge in [-0.25, -0.2) is 4.98 Å². The van der Waals surface area contributed by atoms with E-state index in [1.54, 1.807) is 18.3 Å². The van der Waals surface area contributed by atoms with Crippen LogP contribution in [0.25, 0.3) is 10.2 Å². The van der Waals surface area contributed by atoms with Crippen molar-refractivity contribution in [2.24, 2.45) is 0 Å². The molecule has 0 unspecified atom stereocenters. The average Bonchev–Trinajstić information content (AvgIpc) is 2.94. The molecule has 0 aromatic carbocycles. The first-order valence-electron chi connectivity index (χ1n) is 5.16. The van der Waals surface area contributed by atoms with Crippen molar-refractivity contribution < 1.29 is 4.52 Å². The first-order chi connectivity index (χ1) is 8.72. The molecule has 8 heteroatoms. The van der Waals surface area contributed by atoms with E-state index in [1.165, 1.54) is 0 Å². The van der Waals surface area contributed by atoms with Crippen LogP contribution in [0.4, 0.5) is 5.82 Å². The van der Waals surface area contributed by atoms with Gasteiger partial charge in [0.25, 0.3) is 0 Å². The molecule has 0 spiro atoms. The van der Waals surface area contributed by atoms with Crippen LogP contribution in [-0.4, -0.2) is 20.1 Å². The van der Waals surface area contributed by atoms with E-state index < -0.39 is 0 Å². The van der Waals surface area contributed by atoms with E-state index >= 15 is 0 Å². The number of aromatic nitrogens is 4. The number of aryl methyl sites for hydroxylation is 1. The molecule has 3 rings (SSSR count). The molecule has 3 heterocycles. The predicted molar refractivity (Wildman–Crippen MR) is 68.8 cm³/mol. The van der Waals surface area contributed by atoms with Crippen LogP contribution in [0.2, 0.25) is 5.28 Å². The fourth-order valence-electron chi connectivity index (χ4n) is 1.53. The second-order valence-electron chi connectivity index (χ2n) is 3.57. The molecule has 6 nitrogen and oxygen atoms in total. The number of nitrogens with zero attached hydrogens (tertiary/aromatic N) is 4. The van der Waals surface area contributed by atoms with E-state index in [1.807, 2.05) is 11.4 Å². The topological polar surface area (TPSA) is 76.7 Å². The van der Waals surface area contributed by atoms with Crippen LogP contribution in [0.5, 0.6) is 0 Å². The zero-order chi connectivity index (χ0) is 12.5. The molecule has 3 aromatic rings. The second-order valence-corrected chi connectivity index (χ2v) is 4.82. The number of anilines is 1. The molecular formula is C10H8ClN5OS. The van der Waals surface area contributed by atoms with Gasteiger partial charge in [-0.15, -0.1) is 11.3 Å². The third kappa shape index (κ3) is 2.14. The lowest BCUT2D eigenvalue weighted by atomic mass is 10.4. The maximum Gasteiger partial charge on any atom is 0.245 e. The summed E-state index contributed by atoms with van der Waals surface area (Å²) in [5.41, 5.74) is 0.823. The van der Waals surface area contributed by atoms with Gasteiger partial charge in [-0.1, -0.05) is 5.16 Å². The van der Waals surface area contributed by atoms with Crippen molar-refractivity contribution in [3.63, 3.8) is 0 Å². The predicted octanol–water partition coefficient (Wildman–Crippen LogP) is 2.65.